The fourth-order valence-electron chi connectivity index (χ4n) is 3.72. The second-order valence-electron chi connectivity index (χ2n) is 7.47. The number of nitrogens with one attached hydrogen (secondary N) is 3. The summed E-state index contributed by atoms with van der Waals surface area (Å²) in [6.45, 7) is 6.14. The number of benzene rings is 2. The van der Waals surface area contributed by atoms with Crippen LogP contribution in [0.1, 0.15) is 23.7 Å². The summed E-state index contributed by atoms with van der Waals surface area (Å²) in [4.78, 5) is 29.8. The minimum absolute atomic E-state index is 0.291. The standard InChI is InChI=1S/C22H22ClN3O2S/c1-12-10-14(23)11-16-15(13(2)25-19(12)16)8-9-24-20(27)22(3)21(28)26-17-6-4-5-7-18(17)29-22/h4-7,10-11,25H,8-9H2,1-3H3,(H,24,27)(H,26,28). The molecule has 1 atom stereocenters. The van der Waals surface area contributed by atoms with Crippen molar-refractivity contribution in [3.05, 3.63) is 58.2 Å². The maximum absolute atomic E-state index is 12.9. The van der Waals surface area contributed by atoms with Gasteiger partial charge in [0.15, 0.2) is 4.75 Å². The van der Waals surface area contributed by atoms with E-state index in [0.717, 1.165) is 38.3 Å². The third-order valence-corrected chi connectivity index (χ3v) is 6.94. The van der Waals surface area contributed by atoms with Crippen molar-refractivity contribution in [3.8, 4) is 0 Å². The molecule has 29 heavy (non-hydrogen) atoms. The van der Waals surface area contributed by atoms with Gasteiger partial charge in [-0.15, -0.1) is 0 Å². The van der Waals surface area contributed by atoms with Crippen LogP contribution in [0.15, 0.2) is 41.3 Å². The van der Waals surface area contributed by atoms with Crippen LogP contribution in [-0.4, -0.2) is 28.1 Å². The zero-order valence-corrected chi connectivity index (χ0v) is 18.1. The third-order valence-electron chi connectivity index (χ3n) is 5.37. The van der Waals surface area contributed by atoms with Crippen molar-refractivity contribution in [1.29, 1.82) is 0 Å². The number of hydrogen-bond donors (Lipinski definition) is 3. The number of aromatic nitrogens is 1. The monoisotopic (exact) mass is 427 g/mol. The fraction of sp³-hybridized carbons (Fsp3) is 0.273. The lowest BCUT2D eigenvalue weighted by Gasteiger charge is -2.31. The highest BCUT2D eigenvalue weighted by Crippen LogP contribution is 2.42. The number of aryl methyl sites for hydroxylation is 2. The molecule has 2 amide bonds. The van der Waals surface area contributed by atoms with Gasteiger partial charge in [-0.25, -0.2) is 0 Å². The summed E-state index contributed by atoms with van der Waals surface area (Å²) in [6, 6.07) is 11.4. The van der Waals surface area contributed by atoms with Gasteiger partial charge < -0.3 is 15.6 Å². The topological polar surface area (TPSA) is 74.0 Å². The molecule has 0 fully saturated rings. The highest BCUT2D eigenvalue weighted by molar-refractivity contribution is 8.02. The lowest BCUT2D eigenvalue weighted by molar-refractivity contribution is -0.129. The van der Waals surface area contributed by atoms with Crippen LogP contribution in [-0.2, 0) is 16.0 Å². The Hall–Kier alpha value is -2.44. The van der Waals surface area contributed by atoms with E-state index in [-0.39, 0.29) is 11.8 Å². The fourth-order valence-corrected chi connectivity index (χ4v) is 5.12. The smallest absolute Gasteiger partial charge is 0.250 e. The average molecular weight is 428 g/mol. The van der Waals surface area contributed by atoms with E-state index in [9.17, 15) is 9.59 Å². The van der Waals surface area contributed by atoms with Gasteiger partial charge in [-0.2, -0.15) is 0 Å². The van der Waals surface area contributed by atoms with E-state index in [1.165, 1.54) is 11.8 Å². The number of para-hydroxylation sites is 1. The van der Waals surface area contributed by atoms with Crippen molar-refractivity contribution in [2.24, 2.45) is 0 Å². The first kappa shape index (κ1) is 19.9. The van der Waals surface area contributed by atoms with E-state index < -0.39 is 4.75 Å². The van der Waals surface area contributed by atoms with Gasteiger partial charge >= 0.3 is 0 Å². The molecular weight excluding hydrogens is 406 g/mol. The van der Waals surface area contributed by atoms with Crippen LogP contribution in [0.5, 0.6) is 0 Å². The van der Waals surface area contributed by atoms with Crippen molar-refractivity contribution in [1.82, 2.24) is 10.3 Å². The first-order valence-corrected chi connectivity index (χ1v) is 10.6. The molecule has 4 rings (SSSR count). The van der Waals surface area contributed by atoms with Crippen molar-refractivity contribution in [3.63, 3.8) is 0 Å². The molecule has 3 N–H and O–H groups in total. The second-order valence-corrected chi connectivity index (χ2v) is 9.36. The van der Waals surface area contributed by atoms with Crippen LogP contribution in [0.3, 0.4) is 0 Å². The van der Waals surface area contributed by atoms with Crippen LogP contribution in [0.4, 0.5) is 5.69 Å². The highest BCUT2D eigenvalue weighted by Gasteiger charge is 2.45. The number of anilines is 1. The zero-order valence-electron chi connectivity index (χ0n) is 16.5. The summed E-state index contributed by atoms with van der Waals surface area (Å²) in [6.07, 6.45) is 0.649. The summed E-state index contributed by atoms with van der Waals surface area (Å²) in [5.41, 5.74) is 5.09. The molecule has 1 aliphatic heterocycles. The van der Waals surface area contributed by atoms with Crippen molar-refractivity contribution >= 4 is 51.8 Å². The molecule has 0 saturated heterocycles. The van der Waals surface area contributed by atoms with Gasteiger partial charge in [0, 0.05) is 33.1 Å². The third kappa shape index (κ3) is 3.51. The average Bonchev–Trinajstić information content (AvgIpc) is 2.98. The molecule has 2 heterocycles. The Kier molecular flexibility index (Phi) is 5.09. The summed E-state index contributed by atoms with van der Waals surface area (Å²) in [5, 5.41) is 7.56. The molecule has 0 spiro atoms. The summed E-state index contributed by atoms with van der Waals surface area (Å²) >= 11 is 7.52. The minimum atomic E-state index is -1.20. The van der Waals surface area contributed by atoms with Gasteiger partial charge in [0.05, 0.1) is 5.69 Å². The number of aromatic amines is 1. The summed E-state index contributed by atoms with van der Waals surface area (Å²) < 4.78 is -1.20. The Labute approximate surface area is 178 Å². The highest BCUT2D eigenvalue weighted by atomic mass is 35.5. The molecular formula is C22H22ClN3O2S. The molecule has 5 nitrogen and oxygen atoms in total. The Morgan fingerprint density at radius 3 is 2.79 bits per heavy atom. The van der Waals surface area contributed by atoms with E-state index in [4.69, 9.17) is 11.6 Å². The maximum atomic E-state index is 12.9. The molecule has 0 radical (unpaired) electrons. The molecule has 7 heteroatoms. The molecule has 3 aromatic rings. The van der Waals surface area contributed by atoms with E-state index in [2.05, 4.69) is 15.6 Å². The first-order valence-electron chi connectivity index (χ1n) is 9.44. The van der Waals surface area contributed by atoms with Crippen LogP contribution in [0.25, 0.3) is 10.9 Å². The molecule has 150 valence electrons. The number of thioether (sulfide) groups is 1. The van der Waals surface area contributed by atoms with Crippen molar-refractivity contribution in [2.75, 3.05) is 11.9 Å². The lowest BCUT2D eigenvalue weighted by atomic mass is 10.0. The van der Waals surface area contributed by atoms with Crippen LogP contribution < -0.4 is 10.6 Å². The SMILES string of the molecule is Cc1[nH]c2c(C)cc(Cl)cc2c1CCNC(=O)C1(C)Sc2ccccc2NC1=O. The first-order chi connectivity index (χ1) is 13.8. The number of halogens is 1. The quantitative estimate of drug-likeness (QED) is 0.533. The van der Waals surface area contributed by atoms with Gasteiger partial charge in [-0.3, -0.25) is 9.59 Å². The number of H-pyrrole nitrogens is 1. The number of carbonyl (C=O) groups is 2. The number of fused-ring (bicyclic) bond motifs is 2. The van der Waals surface area contributed by atoms with Crippen molar-refractivity contribution < 1.29 is 9.59 Å². The van der Waals surface area contributed by atoms with Crippen LogP contribution in [0, 0.1) is 13.8 Å². The lowest BCUT2D eigenvalue weighted by Crippen LogP contribution is -2.52. The van der Waals surface area contributed by atoms with Gasteiger partial charge in [0.2, 0.25) is 11.8 Å². The van der Waals surface area contributed by atoms with E-state index in [1.807, 2.05) is 50.2 Å². The molecule has 0 bridgehead atoms. The molecule has 1 aromatic heterocycles. The molecule has 0 aliphatic carbocycles. The van der Waals surface area contributed by atoms with Gasteiger partial charge in [-0.1, -0.05) is 35.5 Å². The number of carbonyl (C=O) groups excluding carboxylic acids is 2. The Balaban J connectivity index is 1.49. The zero-order chi connectivity index (χ0) is 20.8. The Morgan fingerprint density at radius 1 is 1.24 bits per heavy atom. The number of amides is 2. The van der Waals surface area contributed by atoms with Gasteiger partial charge in [-0.05, 0) is 62.6 Å². The van der Waals surface area contributed by atoms with Crippen LogP contribution in [0.2, 0.25) is 5.02 Å². The maximum Gasteiger partial charge on any atom is 0.250 e. The molecule has 1 unspecified atom stereocenters. The molecule has 1 aliphatic rings. The Bertz CT molecular complexity index is 1140. The Morgan fingerprint density at radius 2 is 2.00 bits per heavy atom. The summed E-state index contributed by atoms with van der Waals surface area (Å²) in [5.74, 6) is -0.592. The minimum Gasteiger partial charge on any atom is -0.358 e. The number of rotatable bonds is 4. The van der Waals surface area contributed by atoms with Gasteiger partial charge in [0.25, 0.3) is 0 Å². The predicted molar refractivity (Wildman–Crippen MR) is 119 cm³/mol. The van der Waals surface area contributed by atoms with E-state index >= 15 is 0 Å². The largest absolute Gasteiger partial charge is 0.358 e. The number of hydrogen-bond acceptors (Lipinski definition) is 3. The second kappa shape index (κ2) is 7.43. The normalized spacial score (nSPS) is 18.4. The summed E-state index contributed by atoms with van der Waals surface area (Å²) in [7, 11) is 0. The van der Waals surface area contributed by atoms with E-state index in [1.54, 1.807) is 6.92 Å². The van der Waals surface area contributed by atoms with Gasteiger partial charge in [0.1, 0.15) is 0 Å². The van der Waals surface area contributed by atoms with Crippen molar-refractivity contribution in [2.45, 2.75) is 36.8 Å². The predicted octanol–water partition coefficient (Wildman–Crippen LogP) is 4.60. The van der Waals surface area contributed by atoms with Crippen LogP contribution >= 0.6 is 23.4 Å². The van der Waals surface area contributed by atoms with E-state index in [0.29, 0.717) is 18.0 Å². The molecule has 0 saturated carbocycles. The molecule has 2 aromatic carbocycles.